The van der Waals surface area contributed by atoms with Gasteiger partial charge in [-0.1, -0.05) is 111 Å². The van der Waals surface area contributed by atoms with Crippen molar-refractivity contribution in [2.45, 2.75) is 111 Å². The van der Waals surface area contributed by atoms with Crippen LogP contribution in [0.4, 0.5) is 0 Å². The van der Waals surface area contributed by atoms with Crippen LogP contribution in [-0.2, 0) is 19.2 Å². The first-order valence-corrected chi connectivity index (χ1v) is 20.6. The number of carbonyl (C=O) groups is 4. The molecule has 0 radical (unpaired) electrons. The number of amides is 4. The predicted molar refractivity (Wildman–Crippen MR) is 218 cm³/mol. The highest BCUT2D eigenvalue weighted by atomic mass is 16.2. The van der Waals surface area contributed by atoms with Crippen molar-refractivity contribution in [3.8, 4) is 0 Å². The molecule has 52 heavy (non-hydrogen) atoms. The van der Waals surface area contributed by atoms with Gasteiger partial charge in [0.25, 0.3) is 0 Å². The largest absolute Gasteiger partial charge is 0.341 e. The van der Waals surface area contributed by atoms with Crippen molar-refractivity contribution in [2.24, 2.45) is 47.3 Å². The molecule has 10 nitrogen and oxygen atoms in total. The number of rotatable bonds is 27. The predicted octanol–water partition coefficient (Wildman–Crippen LogP) is 6.15. The standard InChI is InChI=1S/C42H84N6O4/c1-31(2)19-45(20-32(3)4)39(49)27-43(28-40(50)46(21-33(5)6)22-34(7)8)17-18-44(29-41(51)47(23-35(9)10)24-36(11)12)30-42(52)48(25-37(13)14)26-38(15)16/h31-38H,17-30H2,1-16H3. The van der Waals surface area contributed by atoms with Gasteiger partial charge in [-0.3, -0.25) is 29.0 Å². The highest BCUT2D eigenvalue weighted by Crippen LogP contribution is 2.12. The molecule has 0 atom stereocenters. The zero-order valence-electron chi connectivity index (χ0n) is 36.8. The summed E-state index contributed by atoms with van der Waals surface area (Å²) in [6, 6.07) is 0. The van der Waals surface area contributed by atoms with E-state index < -0.39 is 0 Å². The van der Waals surface area contributed by atoms with Gasteiger partial charge in [-0.05, 0) is 47.3 Å². The molecule has 0 aliphatic rings. The van der Waals surface area contributed by atoms with E-state index in [1.54, 1.807) is 0 Å². The number of hydrogen-bond donors (Lipinski definition) is 0. The highest BCUT2D eigenvalue weighted by Gasteiger charge is 2.27. The van der Waals surface area contributed by atoms with Gasteiger partial charge in [0.05, 0.1) is 26.2 Å². The van der Waals surface area contributed by atoms with Crippen LogP contribution < -0.4 is 0 Å². The van der Waals surface area contributed by atoms with Crippen LogP contribution in [0.5, 0.6) is 0 Å². The summed E-state index contributed by atoms with van der Waals surface area (Å²) in [6.07, 6.45) is 0. The lowest BCUT2D eigenvalue weighted by molar-refractivity contribution is -0.140. The van der Waals surface area contributed by atoms with Crippen LogP contribution in [0.2, 0.25) is 0 Å². The zero-order chi connectivity index (χ0) is 40.3. The van der Waals surface area contributed by atoms with Crippen molar-refractivity contribution in [3.63, 3.8) is 0 Å². The van der Waals surface area contributed by atoms with Crippen LogP contribution in [-0.4, -0.2) is 145 Å². The molecule has 0 unspecified atom stereocenters. The molecule has 0 aliphatic heterocycles. The summed E-state index contributed by atoms with van der Waals surface area (Å²) in [4.78, 5) is 67.4. The maximum atomic E-state index is 13.9. The van der Waals surface area contributed by atoms with Crippen molar-refractivity contribution in [1.82, 2.24) is 29.4 Å². The average Bonchev–Trinajstić information content (AvgIpc) is 2.96. The van der Waals surface area contributed by atoms with Gasteiger partial charge in [0.15, 0.2) is 0 Å². The van der Waals surface area contributed by atoms with E-state index in [2.05, 4.69) is 111 Å². The lowest BCUT2D eigenvalue weighted by atomic mass is 10.1. The van der Waals surface area contributed by atoms with E-state index >= 15 is 0 Å². The second-order valence-corrected chi connectivity index (χ2v) is 18.8. The third-order valence-corrected chi connectivity index (χ3v) is 8.26. The van der Waals surface area contributed by atoms with Crippen LogP contribution >= 0.6 is 0 Å². The SMILES string of the molecule is CC(C)CN(CC(C)C)C(=O)CN(CCN(CC(=O)N(CC(C)C)CC(C)C)CC(=O)N(CC(C)C)CC(C)C)CC(=O)N(CC(C)C)CC(C)C. The van der Waals surface area contributed by atoms with E-state index in [-0.39, 0.29) is 49.8 Å². The Morgan fingerprint density at radius 2 is 0.423 bits per heavy atom. The molecule has 0 rings (SSSR count). The van der Waals surface area contributed by atoms with Crippen LogP contribution in [0, 0.1) is 47.3 Å². The van der Waals surface area contributed by atoms with Crippen LogP contribution in [0.25, 0.3) is 0 Å². The third kappa shape index (κ3) is 23.5. The van der Waals surface area contributed by atoms with E-state index in [4.69, 9.17) is 0 Å². The molecule has 0 aromatic rings. The lowest BCUT2D eigenvalue weighted by Gasteiger charge is -2.34. The van der Waals surface area contributed by atoms with E-state index in [1.165, 1.54) is 0 Å². The Morgan fingerprint density at radius 3 is 0.538 bits per heavy atom. The van der Waals surface area contributed by atoms with Gasteiger partial charge in [-0.25, -0.2) is 0 Å². The molecule has 0 saturated carbocycles. The Kier molecular flexibility index (Phi) is 24.7. The van der Waals surface area contributed by atoms with Crippen LogP contribution in [0.1, 0.15) is 111 Å². The smallest absolute Gasteiger partial charge is 0.236 e. The minimum atomic E-state index is 0.00764. The summed E-state index contributed by atoms with van der Waals surface area (Å²) in [5, 5.41) is 0. The van der Waals surface area contributed by atoms with Gasteiger partial charge in [-0.2, -0.15) is 0 Å². The lowest BCUT2D eigenvalue weighted by Crippen LogP contribution is -2.52. The van der Waals surface area contributed by atoms with Crippen molar-refractivity contribution >= 4 is 23.6 Å². The van der Waals surface area contributed by atoms with Gasteiger partial charge in [0.2, 0.25) is 23.6 Å². The highest BCUT2D eigenvalue weighted by molar-refractivity contribution is 5.82. The third-order valence-electron chi connectivity index (χ3n) is 8.26. The molecule has 10 heteroatoms. The van der Waals surface area contributed by atoms with Gasteiger partial charge >= 0.3 is 0 Å². The minimum absolute atomic E-state index is 0.00764. The zero-order valence-corrected chi connectivity index (χ0v) is 36.8. The normalized spacial score (nSPS) is 12.3. The average molecular weight is 737 g/mol. The molecule has 0 saturated heterocycles. The van der Waals surface area contributed by atoms with E-state index in [9.17, 15) is 19.2 Å². The summed E-state index contributed by atoms with van der Waals surface area (Å²) in [5.74, 6) is 2.56. The van der Waals surface area contributed by atoms with Crippen LogP contribution in [0.3, 0.4) is 0 Å². The molecule has 0 aromatic heterocycles. The number of hydrogen-bond acceptors (Lipinski definition) is 6. The van der Waals surface area contributed by atoms with E-state index in [0.29, 0.717) is 113 Å². The summed E-state index contributed by atoms with van der Waals surface area (Å²) >= 11 is 0. The first kappa shape index (κ1) is 49.8. The quantitative estimate of drug-likeness (QED) is 0.101. The first-order valence-electron chi connectivity index (χ1n) is 20.6. The van der Waals surface area contributed by atoms with Crippen molar-refractivity contribution in [3.05, 3.63) is 0 Å². The molecule has 0 spiro atoms. The fourth-order valence-electron chi connectivity index (χ4n) is 6.51. The monoisotopic (exact) mass is 737 g/mol. The topological polar surface area (TPSA) is 87.7 Å². The molecule has 0 fully saturated rings. The van der Waals surface area contributed by atoms with Gasteiger partial charge in [0, 0.05) is 65.4 Å². The summed E-state index contributed by atoms with van der Waals surface area (Å²) in [7, 11) is 0. The van der Waals surface area contributed by atoms with Gasteiger partial charge < -0.3 is 19.6 Å². The van der Waals surface area contributed by atoms with E-state index in [1.807, 2.05) is 29.4 Å². The maximum absolute atomic E-state index is 13.9. The maximum Gasteiger partial charge on any atom is 0.236 e. The molecule has 0 heterocycles. The summed E-state index contributed by atoms with van der Waals surface area (Å²) in [5.41, 5.74) is 0. The molecule has 0 bridgehead atoms. The molecule has 0 N–H and O–H groups in total. The molecular weight excluding hydrogens is 653 g/mol. The van der Waals surface area contributed by atoms with Crippen LogP contribution in [0.15, 0.2) is 0 Å². The minimum Gasteiger partial charge on any atom is -0.341 e. The second kappa shape index (κ2) is 25.8. The molecule has 0 aromatic carbocycles. The fraction of sp³-hybridized carbons (Fsp3) is 0.905. The molecule has 4 amide bonds. The van der Waals surface area contributed by atoms with Gasteiger partial charge in [0.1, 0.15) is 0 Å². The molecule has 306 valence electrons. The Balaban J connectivity index is 6.68. The Morgan fingerprint density at radius 1 is 0.288 bits per heavy atom. The Labute approximate surface area is 321 Å². The Bertz CT molecular complexity index is 830. The molecular formula is C42H84N6O4. The van der Waals surface area contributed by atoms with Crippen molar-refractivity contribution in [2.75, 3.05) is 91.6 Å². The first-order chi connectivity index (χ1) is 24.0. The van der Waals surface area contributed by atoms with Gasteiger partial charge in [-0.15, -0.1) is 0 Å². The summed E-state index contributed by atoms with van der Waals surface area (Å²) < 4.78 is 0. The molecule has 0 aliphatic carbocycles. The number of nitrogens with zero attached hydrogens (tertiary/aromatic N) is 6. The Hall–Kier alpha value is -2.20. The fourth-order valence-corrected chi connectivity index (χ4v) is 6.51. The number of carbonyl (C=O) groups excluding carboxylic acids is 4. The van der Waals surface area contributed by atoms with Crippen molar-refractivity contribution in [1.29, 1.82) is 0 Å². The summed E-state index contributed by atoms with van der Waals surface area (Å²) in [6.45, 7) is 40.3. The second-order valence-electron chi connectivity index (χ2n) is 18.8. The van der Waals surface area contributed by atoms with Crippen molar-refractivity contribution < 1.29 is 19.2 Å². The van der Waals surface area contributed by atoms with E-state index in [0.717, 1.165) is 0 Å².